The van der Waals surface area contributed by atoms with Crippen molar-refractivity contribution in [1.82, 2.24) is 19.8 Å². The standard InChI is InChI=1S/C24H32N6O2S/c1-6-20-18(28-21(33-20)14-29(4)5)12-15(2)19-9-7-8-10-30(19)24(32)23(31)27-17-11-16(3)22(25)26-13-17/h6,11-13,19H,2,7-10,14H2,1,3-5H3,(H2,25,26)(H,27,31)/b18-12+,20-6+/t19-/m0/s1. The molecule has 1 aliphatic heterocycles. The fraction of sp³-hybridized carbons (Fsp3) is 0.417. The topological polar surface area (TPSA) is 104 Å². The number of aryl methyl sites for hydroxylation is 1. The Kier molecular flexibility index (Phi) is 7.99. The molecule has 3 rings (SSSR count). The first-order chi connectivity index (χ1) is 15.7. The van der Waals surface area contributed by atoms with Crippen LogP contribution in [0.4, 0.5) is 11.5 Å². The summed E-state index contributed by atoms with van der Waals surface area (Å²) >= 11 is 1.65. The number of nitrogen functional groups attached to an aromatic ring is 1. The van der Waals surface area contributed by atoms with E-state index in [4.69, 9.17) is 10.7 Å². The second kappa shape index (κ2) is 10.7. The highest BCUT2D eigenvalue weighted by Crippen LogP contribution is 2.24. The number of anilines is 2. The summed E-state index contributed by atoms with van der Waals surface area (Å²) in [5.41, 5.74) is 7.70. The molecule has 0 spiro atoms. The summed E-state index contributed by atoms with van der Waals surface area (Å²) in [6.45, 7) is 9.31. The third-order valence-corrected chi connectivity index (χ3v) is 6.64. The lowest BCUT2D eigenvalue weighted by atomic mass is 9.95. The van der Waals surface area contributed by atoms with Crippen LogP contribution in [0.15, 0.2) is 24.4 Å². The van der Waals surface area contributed by atoms with E-state index in [2.05, 4.69) is 21.8 Å². The van der Waals surface area contributed by atoms with E-state index in [1.54, 1.807) is 29.2 Å². The van der Waals surface area contributed by atoms with Gasteiger partial charge in [-0.25, -0.2) is 9.97 Å². The Morgan fingerprint density at radius 3 is 2.82 bits per heavy atom. The fourth-order valence-corrected chi connectivity index (χ4v) is 4.89. The van der Waals surface area contributed by atoms with Crippen molar-refractivity contribution in [1.29, 1.82) is 0 Å². The molecule has 8 nitrogen and oxygen atoms in total. The fourth-order valence-electron chi connectivity index (χ4n) is 3.84. The monoisotopic (exact) mass is 468 g/mol. The van der Waals surface area contributed by atoms with Crippen LogP contribution in [-0.4, -0.2) is 58.3 Å². The van der Waals surface area contributed by atoms with E-state index in [9.17, 15) is 9.59 Å². The number of carbonyl (C=O) groups excluding carboxylic acids is 2. The summed E-state index contributed by atoms with van der Waals surface area (Å²) in [6.07, 6.45) is 8.02. The Morgan fingerprint density at radius 1 is 1.39 bits per heavy atom. The number of nitrogens with zero attached hydrogens (tertiary/aromatic N) is 4. The normalized spacial score (nSPS) is 17.5. The van der Waals surface area contributed by atoms with Crippen molar-refractivity contribution in [3.63, 3.8) is 0 Å². The van der Waals surface area contributed by atoms with E-state index in [-0.39, 0.29) is 6.04 Å². The molecule has 3 N–H and O–H groups in total. The lowest BCUT2D eigenvalue weighted by molar-refractivity contribution is -0.145. The van der Waals surface area contributed by atoms with Crippen LogP contribution in [0.1, 0.15) is 36.8 Å². The minimum Gasteiger partial charge on any atom is -0.383 e. The number of nitrogens with two attached hydrogens (primary N) is 1. The van der Waals surface area contributed by atoms with Gasteiger partial charge >= 0.3 is 11.8 Å². The molecule has 9 heteroatoms. The number of likely N-dealkylation sites (tertiary alicyclic amines) is 1. The Bertz CT molecular complexity index is 1170. The average molecular weight is 469 g/mol. The van der Waals surface area contributed by atoms with Gasteiger partial charge in [0.1, 0.15) is 10.8 Å². The summed E-state index contributed by atoms with van der Waals surface area (Å²) in [5, 5.41) is 4.53. The number of aromatic nitrogens is 2. The van der Waals surface area contributed by atoms with Crippen molar-refractivity contribution in [2.45, 2.75) is 45.7 Å². The number of nitrogens with one attached hydrogen (secondary N) is 1. The molecule has 0 unspecified atom stereocenters. The van der Waals surface area contributed by atoms with Gasteiger partial charge in [-0.05, 0) is 70.5 Å². The highest BCUT2D eigenvalue weighted by atomic mass is 32.1. The summed E-state index contributed by atoms with van der Waals surface area (Å²) < 4.78 is 1.07. The molecule has 0 bridgehead atoms. The molecule has 2 amide bonds. The van der Waals surface area contributed by atoms with Crippen LogP contribution < -0.4 is 20.9 Å². The molecule has 0 radical (unpaired) electrons. The average Bonchev–Trinajstić information content (AvgIpc) is 3.15. The Balaban J connectivity index is 1.80. The van der Waals surface area contributed by atoms with Gasteiger partial charge in [-0.3, -0.25) is 9.59 Å². The van der Waals surface area contributed by atoms with Crippen molar-refractivity contribution in [3.05, 3.63) is 44.9 Å². The van der Waals surface area contributed by atoms with Crippen LogP contribution in [-0.2, 0) is 16.1 Å². The van der Waals surface area contributed by atoms with Crippen LogP contribution in [0.3, 0.4) is 0 Å². The molecule has 33 heavy (non-hydrogen) atoms. The maximum Gasteiger partial charge on any atom is 0.313 e. The number of hydrogen-bond acceptors (Lipinski definition) is 7. The van der Waals surface area contributed by atoms with Crippen LogP contribution in [0.2, 0.25) is 0 Å². The molecule has 3 heterocycles. The molecule has 1 fully saturated rings. The highest BCUT2D eigenvalue weighted by Gasteiger charge is 2.32. The van der Waals surface area contributed by atoms with E-state index < -0.39 is 11.8 Å². The third-order valence-electron chi connectivity index (χ3n) is 5.52. The first-order valence-electron chi connectivity index (χ1n) is 11.0. The number of amides is 2. The maximum atomic E-state index is 13.1. The highest BCUT2D eigenvalue weighted by molar-refractivity contribution is 7.09. The van der Waals surface area contributed by atoms with Crippen LogP contribution in [0.5, 0.6) is 0 Å². The zero-order valence-corrected chi connectivity index (χ0v) is 20.5. The second-order valence-electron chi connectivity index (χ2n) is 8.49. The van der Waals surface area contributed by atoms with Gasteiger partial charge in [0.25, 0.3) is 0 Å². The number of thiazole rings is 1. The van der Waals surface area contributed by atoms with Gasteiger partial charge in [-0.2, -0.15) is 0 Å². The molecule has 1 saturated heterocycles. The first kappa shape index (κ1) is 24.6. The van der Waals surface area contributed by atoms with Gasteiger partial charge in [-0.1, -0.05) is 12.7 Å². The Morgan fingerprint density at radius 2 is 2.15 bits per heavy atom. The molecule has 2 aromatic rings. The number of hydrogen-bond donors (Lipinski definition) is 2. The molecule has 0 aliphatic carbocycles. The zero-order chi connectivity index (χ0) is 24.1. The molecule has 2 aromatic heterocycles. The molecule has 176 valence electrons. The summed E-state index contributed by atoms with van der Waals surface area (Å²) in [4.78, 5) is 38.3. The lowest BCUT2D eigenvalue weighted by Gasteiger charge is -2.35. The van der Waals surface area contributed by atoms with Gasteiger partial charge in [0.2, 0.25) is 0 Å². The minimum atomic E-state index is -0.690. The van der Waals surface area contributed by atoms with E-state index in [0.717, 1.165) is 51.8 Å². The summed E-state index contributed by atoms with van der Waals surface area (Å²) in [7, 11) is 4.02. The third kappa shape index (κ3) is 6.06. The van der Waals surface area contributed by atoms with Gasteiger partial charge in [0.15, 0.2) is 0 Å². The lowest BCUT2D eigenvalue weighted by Crippen LogP contribution is -2.49. The quantitative estimate of drug-likeness (QED) is 0.647. The predicted molar refractivity (Wildman–Crippen MR) is 134 cm³/mol. The first-order valence-corrected chi connectivity index (χ1v) is 11.8. The van der Waals surface area contributed by atoms with Gasteiger partial charge in [0, 0.05) is 13.1 Å². The number of piperidine rings is 1. The largest absolute Gasteiger partial charge is 0.383 e. The number of pyridine rings is 1. The van der Waals surface area contributed by atoms with Gasteiger partial charge in [0.05, 0.1) is 27.8 Å². The molecule has 1 aliphatic rings. The molecule has 0 saturated carbocycles. The van der Waals surface area contributed by atoms with Crippen molar-refractivity contribution in [2.24, 2.45) is 0 Å². The SMILES string of the molecule is C=C(/C=c1/nc(CN(C)C)s/c1=C/C)[C@@H]1CCCCN1C(=O)C(=O)Nc1cnc(N)c(C)c1. The van der Waals surface area contributed by atoms with Crippen molar-refractivity contribution in [3.8, 4) is 0 Å². The van der Waals surface area contributed by atoms with E-state index >= 15 is 0 Å². The van der Waals surface area contributed by atoms with E-state index in [0.29, 0.717) is 18.1 Å². The Labute approximate surface area is 198 Å². The van der Waals surface area contributed by atoms with Crippen molar-refractivity contribution in [2.75, 3.05) is 31.7 Å². The predicted octanol–water partition coefficient (Wildman–Crippen LogP) is 1.65. The molecular weight excluding hydrogens is 436 g/mol. The molecular formula is C24H32N6O2S. The van der Waals surface area contributed by atoms with Gasteiger partial charge in [-0.15, -0.1) is 11.3 Å². The van der Waals surface area contributed by atoms with Crippen LogP contribution in [0.25, 0.3) is 12.2 Å². The van der Waals surface area contributed by atoms with E-state index in [1.165, 1.54) is 6.20 Å². The summed E-state index contributed by atoms with van der Waals surface area (Å²) in [5.74, 6) is -0.871. The van der Waals surface area contributed by atoms with Crippen LogP contribution in [0, 0.1) is 6.92 Å². The minimum absolute atomic E-state index is 0.244. The van der Waals surface area contributed by atoms with Crippen molar-refractivity contribution >= 4 is 46.8 Å². The smallest absolute Gasteiger partial charge is 0.313 e. The zero-order valence-electron chi connectivity index (χ0n) is 19.7. The maximum absolute atomic E-state index is 13.1. The number of carbonyl (C=O) groups is 2. The van der Waals surface area contributed by atoms with Gasteiger partial charge < -0.3 is 20.9 Å². The van der Waals surface area contributed by atoms with Crippen LogP contribution >= 0.6 is 11.3 Å². The molecule has 0 aromatic carbocycles. The van der Waals surface area contributed by atoms with Crippen molar-refractivity contribution < 1.29 is 9.59 Å². The molecule has 1 atom stereocenters. The number of rotatable bonds is 5. The summed E-state index contributed by atoms with van der Waals surface area (Å²) in [6, 6.07) is 1.46. The Hall–Kier alpha value is -3.04. The second-order valence-corrected chi connectivity index (χ2v) is 9.61. The van der Waals surface area contributed by atoms with E-state index in [1.807, 2.05) is 33.2 Å².